The van der Waals surface area contributed by atoms with Gasteiger partial charge in [0.25, 0.3) is 0 Å². The molecule has 2 nitrogen and oxygen atoms in total. The molecule has 4 rings (SSSR count). The molecule has 0 spiro atoms. The van der Waals surface area contributed by atoms with Crippen molar-refractivity contribution in [1.29, 1.82) is 0 Å². The van der Waals surface area contributed by atoms with Crippen molar-refractivity contribution in [1.82, 2.24) is 9.88 Å². The molecule has 0 aliphatic carbocycles. The van der Waals surface area contributed by atoms with E-state index in [0.29, 0.717) is 0 Å². The van der Waals surface area contributed by atoms with Crippen LogP contribution in [0.3, 0.4) is 0 Å². The van der Waals surface area contributed by atoms with E-state index in [1.165, 1.54) is 47.0 Å². The van der Waals surface area contributed by atoms with Crippen LogP contribution >= 0.6 is 11.6 Å². The summed E-state index contributed by atoms with van der Waals surface area (Å²) < 4.78 is 0. The van der Waals surface area contributed by atoms with Crippen LogP contribution in [0.1, 0.15) is 30.4 Å². The number of H-pyrrole nitrogens is 1. The SMILES string of the molecule is Clc1ccc(C2=CCN(CCCCc3c[nH]c4ccccc34)CC2)cc1. The smallest absolute Gasteiger partial charge is 0.0456 e. The molecule has 0 amide bonds. The molecule has 26 heavy (non-hydrogen) atoms. The van der Waals surface area contributed by atoms with Gasteiger partial charge in [-0.3, -0.25) is 4.90 Å². The van der Waals surface area contributed by atoms with Gasteiger partial charge in [-0.15, -0.1) is 0 Å². The third kappa shape index (κ3) is 4.03. The number of aromatic amines is 1. The lowest BCUT2D eigenvalue weighted by molar-refractivity contribution is 0.295. The van der Waals surface area contributed by atoms with Gasteiger partial charge >= 0.3 is 0 Å². The van der Waals surface area contributed by atoms with Crippen LogP contribution in [0.5, 0.6) is 0 Å². The Morgan fingerprint density at radius 1 is 1.00 bits per heavy atom. The van der Waals surface area contributed by atoms with Gasteiger partial charge in [0.2, 0.25) is 0 Å². The van der Waals surface area contributed by atoms with E-state index in [1.807, 2.05) is 12.1 Å². The van der Waals surface area contributed by atoms with Crippen LogP contribution in [0.4, 0.5) is 0 Å². The van der Waals surface area contributed by atoms with E-state index in [1.54, 1.807) is 0 Å². The molecule has 1 aliphatic rings. The summed E-state index contributed by atoms with van der Waals surface area (Å²) in [5.41, 5.74) is 5.47. The topological polar surface area (TPSA) is 19.0 Å². The molecule has 0 atom stereocenters. The van der Waals surface area contributed by atoms with Gasteiger partial charge in [-0.2, -0.15) is 0 Å². The molecule has 0 saturated heterocycles. The zero-order chi connectivity index (χ0) is 17.8. The van der Waals surface area contributed by atoms with Crippen LogP contribution in [-0.4, -0.2) is 29.5 Å². The predicted octanol–water partition coefficient (Wildman–Crippen LogP) is 5.93. The maximum Gasteiger partial charge on any atom is 0.0456 e. The first-order chi connectivity index (χ1) is 12.8. The molecule has 3 heteroatoms. The van der Waals surface area contributed by atoms with Gasteiger partial charge in [0.05, 0.1) is 0 Å². The van der Waals surface area contributed by atoms with Crippen LogP contribution in [0.15, 0.2) is 60.8 Å². The first-order valence-electron chi connectivity index (χ1n) is 9.52. The Balaban J connectivity index is 1.24. The van der Waals surface area contributed by atoms with Crippen molar-refractivity contribution in [3.63, 3.8) is 0 Å². The van der Waals surface area contributed by atoms with Crippen molar-refractivity contribution in [2.24, 2.45) is 0 Å². The first-order valence-corrected chi connectivity index (χ1v) is 9.90. The highest BCUT2D eigenvalue weighted by atomic mass is 35.5. The van der Waals surface area contributed by atoms with Gasteiger partial charge < -0.3 is 4.98 Å². The van der Waals surface area contributed by atoms with Gasteiger partial charge in [-0.05, 0) is 67.1 Å². The zero-order valence-corrected chi connectivity index (χ0v) is 15.8. The van der Waals surface area contributed by atoms with Crippen LogP contribution in [0.25, 0.3) is 16.5 Å². The van der Waals surface area contributed by atoms with E-state index in [-0.39, 0.29) is 0 Å². The van der Waals surface area contributed by atoms with Crippen LogP contribution in [-0.2, 0) is 6.42 Å². The van der Waals surface area contributed by atoms with E-state index >= 15 is 0 Å². The number of para-hydroxylation sites is 1. The maximum absolute atomic E-state index is 5.98. The number of aryl methyl sites for hydroxylation is 1. The fraction of sp³-hybridized carbons (Fsp3) is 0.304. The summed E-state index contributed by atoms with van der Waals surface area (Å²) in [4.78, 5) is 5.94. The normalized spacial score (nSPS) is 15.3. The van der Waals surface area contributed by atoms with Gasteiger partial charge in [-0.25, -0.2) is 0 Å². The summed E-state index contributed by atoms with van der Waals surface area (Å²) in [5, 5.41) is 2.18. The standard InChI is InChI=1S/C23H25ClN2/c24-21-10-8-18(9-11-21)19-12-15-26(16-13-19)14-4-3-5-20-17-25-23-7-2-1-6-22(20)23/h1-2,6-12,17,25H,3-5,13-16H2. The van der Waals surface area contributed by atoms with Crippen LogP contribution in [0, 0.1) is 0 Å². The molecule has 134 valence electrons. The van der Waals surface area contributed by atoms with E-state index < -0.39 is 0 Å². The Hall–Kier alpha value is -2.03. The van der Waals surface area contributed by atoms with Gasteiger partial charge in [0, 0.05) is 35.2 Å². The Morgan fingerprint density at radius 2 is 1.85 bits per heavy atom. The molecular weight excluding hydrogens is 340 g/mol. The number of aromatic nitrogens is 1. The van der Waals surface area contributed by atoms with Gasteiger partial charge in [-0.1, -0.05) is 48.0 Å². The molecule has 2 heterocycles. The molecule has 0 radical (unpaired) electrons. The van der Waals surface area contributed by atoms with Crippen molar-refractivity contribution < 1.29 is 0 Å². The second-order valence-electron chi connectivity index (χ2n) is 7.10. The minimum absolute atomic E-state index is 0.807. The number of nitrogens with one attached hydrogen (secondary N) is 1. The van der Waals surface area contributed by atoms with Crippen molar-refractivity contribution in [2.45, 2.75) is 25.7 Å². The van der Waals surface area contributed by atoms with E-state index in [9.17, 15) is 0 Å². The molecule has 1 aromatic heterocycles. The quantitative estimate of drug-likeness (QED) is 0.537. The number of hydrogen-bond donors (Lipinski definition) is 1. The fourth-order valence-corrected chi connectivity index (χ4v) is 3.96. The summed E-state index contributed by atoms with van der Waals surface area (Å²) in [6, 6.07) is 16.8. The lowest BCUT2D eigenvalue weighted by Crippen LogP contribution is -2.29. The van der Waals surface area contributed by atoms with Crippen LogP contribution in [0.2, 0.25) is 5.02 Å². The minimum Gasteiger partial charge on any atom is -0.361 e. The fourth-order valence-electron chi connectivity index (χ4n) is 3.83. The first kappa shape index (κ1) is 17.4. The second-order valence-corrected chi connectivity index (χ2v) is 7.54. The third-order valence-corrected chi connectivity index (χ3v) is 5.61. The van der Waals surface area contributed by atoms with Gasteiger partial charge in [0.15, 0.2) is 0 Å². The largest absolute Gasteiger partial charge is 0.361 e. The molecule has 3 aromatic rings. The molecular formula is C23H25ClN2. The summed E-state index contributed by atoms with van der Waals surface area (Å²) in [5.74, 6) is 0. The highest BCUT2D eigenvalue weighted by Crippen LogP contribution is 2.24. The number of hydrogen-bond acceptors (Lipinski definition) is 1. The van der Waals surface area contributed by atoms with Crippen molar-refractivity contribution in [3.05, 3.63) is 77.0 Å². The summed E-state index contributed by atoms with van der Waals surface area (Å²) in [6.07, 6.45) is 9.34. The Labute approximate surface area is 160 Å². The summed E-state index contributed by atoms with van der Waals surface area (Å²) in [6.45, 7) is 3.40. The number of halogens is 1. The highest BCUT2D eigenvalue weighted by Gasteiger charge is 2.12. The Morgan fingerprint density at radius 3 is 2.65 bits per heavy atom. The van der Waals surface area contributed by atoms with Gasteiger partial charge in [0.1, 0.15) is 0 Å². The lowest BCUT2D eigenvalue weighted by atomic mass is 9.99. The molecule has 0 bridgehead atoms. The molecule has 0 fully saturated rings. The third-order valence-electron chi connectivity index (χ3n) is 5.35. The molecule has 1 N–H and O–H groups in total. The predicted molar refractivity (Wildman–Crippen MR) is 112 cm³/mol. The van der Waals surface area contributed by atoms with E-state index in [4.69, 9.17) is 11.6 Å². The Kier molecular flexibility index (Phi) is 5.42. The Bertz CT molecular complexity index is 892. The summed E-state index contributed by atoms with van der Waals surface area (Å²) >= 11 is 5.98. The van der Waals surface area contributed by atoms with Crippen molar-refractivity contribution in [3.8, 4) is 0 Å². The number of nitrogens with zero attached hydrogens (tertiary/aromatic N) is 1. The van der Waals surface area contributed by atoms with Crippen LogP contribution < -0.4 is 0 Å². The second kappa shape index (κ2) is 8.11. The highest BCUT2D eigenvalue weighted by molar-refractivity contribution is 6.30. The van der Waals surface area contributed by atoms with E-state index in [2.05, 4.69) is 58.6 Å². The minimum atomic E-state index is 0.807. The molecule has 0 saturated carbocycles. The molecule has 2 aromatic carbocycles. The average Bonchev–Trinajstić information content (AvgIpc) is 3.10. The maximum atomic E-state index is 5.98. The molecule has 0 unspecified atom stereocenters. The lowest BCUT2D eigenvalue weighted by Gasteiger charge is -2.26. The number of benzene rings is 2. The van der Waals surface area contributed by atoms with Crippen molar-refractivity contribution in [2.75, 3.05) is 19.6 Å². The van der Waals surface area contributed by atoms with E-state index in [0.717, 1.165) is 31.0 Å². The van der Waals surface area contributed by atoms with Crippen molar-refractivity contribution >= 4 is 28.1 Å². The zero-order valence-electron chi connectivity index (χ0n) is 15.0. The number of fused-ring (bicyclic) bond motifs is 1. The summed E-state index contributed by atoms with van der Waals surface area (Å²) in [7, 11) is 0. The monoisotopic (exact) mass is 364 g/mol. The number of rotatable bonds is 6. The average molecular weight is 365 g/mol. The number of unbranched alkanes of at least 4 members (excludes halogenated alkanes) is 1. The molecule has 1 aliphatic heterocycles.